The van der Waals surface area contributed by atoms with Crippen LogP contribution in [0.5, 0.6) is 0 Å². The van der Waals surface area contributed by atoms with E-state index < -0.39 is 12.0 Å². The van der Waals surface area contributed by atoms with Gasteiger partial charge in [-0.1, -0.05) is 26.0 Å². The van der Waals surface area contributed by atoms with Crippen molar-refractivity contribution in [2.75, 3.05) is 6.54 Å². The number of carbonyl (C=O) groups is 2. The number of piperidine rings is 1. The maximum absolute atomic E-state index is 13.2. The van der Waals surface area contributed by atoms with Gasteiger partial charge in [-0.2, -0.15) is 0 Å². The molecular weight excluding hydrogens is 285 g/mol. The van der Waals surface area contributed by atoms with E-state index in [4.69, 9.17) is 0 Å². The molecule has 5 heteroatoms. The van der Waals surface area contributed by atoms with Crippen molar-refractivity contribution in [3.63, 3.8) is 0 Å². The first kappa shape index (κ1) is 16.5. The number of halogens is 1. The Morgan fingerprint density at radius 3 is 2.82 bits per heavy atom. The maximum atomic E-state index is 13.2. The van der Waals surface area contributed by atoms with Crippen molar-refractivity contribution in [1.29, 1.82) is 0 Å². The number of hydrogen-bond donors (Lipinski definition) is 1. The molecule has 1 aliphatic rings. The molecule has 22 heavy (non-hydrogen) atoms. The third-order valence-corrected chi connectivity index (χ3v) is 4.29. The molecule has 1 saturated heterocycles. The Kier molecular flexibility index (Phi) is 5.16. The fourth-order valence-electron chi connectivity index (χ4n) is 3.03. The van der Waals surface area contributed by atoms with Gasteiger partial charge in [-0.3, -0.25) is 4.79 Å². The lowest BCUT2D eigenvalue weighted by Crippen LogP contribution is -2.51. The topological polar surface area (TPSA) is 57.6 Å². The summed E-state index contributed by atoms with van der Waals surface area (Å²) in [6.07, 6.45) is 1.73. The highest BCUT2D eigenvalue weighted by Gasteiger charge is 2.36. The lowest BCUT2D eigenvalue weighted by atomic mass is 9.90. The second-order valence-corrected chi connectivity index (χ2v) is 6.25. The Hall–Kier alpha value is -1.91. The maximum Gasteiger partial charge on any atom is 0.326 e. The molecule has 1 aromatic carbocycles. The van der Waals surface area contributed by atoms with Crippen molar-refractivity contribution in [2.24, 2.45) is 11.8 Å². The molecule has 0 aromatic heterocycles. The standard InChI is InChI=1S/C17H22FNO3/c1-11-6-7-19(15(8-11)17(21)22)16(20)12(2)9-13-4-3-5-14(18)10-13/h3-5,10-12,15H,6-9H2,1-2H3,(H,21,22). The minimum Gasteiger partial charge on any atom is -0.480 e. The summed E-state index contributed by atoms with van der Waals surface area (Å²) in [5, 5.41) is 9.34. The normalized spacial score (nSPS) is 23.1. The smallest absolute Gasteiger partial charge is 0.326 e. The lowest BCUT2D eigenvalue weighted by molar-refractivity contribution is -0.154. The highest BCUT2D eigenvalue weighted by molar-refractivity contribution is 5.85. The minimum absolute atomic E-state index is 0.163. The van der Waals surface area contributed by atoms with Crippen molar-refractivity contribution in [2.45, 2.75) is 39.2 Å². The number of benzene rings is 1. The van der Waals surface area contributed by atoms with Crippen LogP contribution in [0.3, 0.4) is 0 Å². The van der Waals surface area contributed by atoms with Gasteiger partial charge in [0.1, 0.15) is 11.9 Å². The molecule has 3 unspecified atom stereocenters. The summed E-state index contributed by atoms with van der Waals surface area (Å²) in [4.78, 5) is 25.5. The predicted octanol–water partition coefficient (Wildman–Crippen LogP) is 2.72. The summed E-state index contributed by atoms with van der Waals surface area (Å²) in [5.74, 6) is -1.49. The lowest BCUT2D eigenvalue weighted by Gasteiger charge is -2.37. The molecule has 2 rings (SSSR count). The molecule has 1 N–H and O–H groups in total. The highest BCUT2D eigenvalue weighted by Crippen LogP contribution is 2.25. The molecule has 1 aliphatic heterocycles. The van der Waals surface area contributed by atoms with Crippen LogP contribution in [0.1, 0.15) is 32.3 Å². The van der Waals surface area contributed by atoms with Crippen LogP contribution in [0, 0.1) is 17.7 Å². The zero-order chi connectivity index (χ0) is 16.3. The number of carbonyl (C=O) groups excluding carboxylic acids is 1. The monoisotopic (exact) mass is 307 g/mol. The van der Waals surface area contributed by atoms with E-state index in [2.05, 4.69) is 0 Å². The van der Waals surface area contributed by atoms with Crippen LogP contribution in [-0.2, 0) is 16.0 Å². The molecule has 0 saturated carbocycles. The quantitative estimate of drug-likeness (QED) is 0.930. The largest absolute Gasteiger partial charge is 0.480 e. The molecule has 1 fully saturated rings. The number of aliphatic carboxylic acids is 1. The molecule has 0 bridgehead atoms. The molecular formula is C17H22FNO3. The van der Waals surface area contributed by atoms with E-state index in [1.165, 1.54) is 17.0 Å². The van der Waals surface area contributed by atoms with Crippen LogP contribution in [0.2, 0.25) is 0 Å². The van der Waals surface area contributed by atoms with Gasteiger partial charge in [0.15, 0.2) is 0 Å². The van der Waals surface area contributed by atoms with E-state index in [0.29, 0.717) is 25.3 Å². The molecule has 1 aromatic rings. The first-order valence-electron chi connectivity index (χ1n) is 7.66. The molecule has 4 nitrogen and oxygen atoms in total. The fourth-order valence-corrected chi connectivity index (χ4v) is 3.03. The van der Waals surface area contributed by atoms with Crippen LogP contribution < -0.4 is 0 Å². The average Bonchev–Trinajstić information content (AvgIpc) is 2.46. The first-order chi connectivity index (χ1) is 10.4. The van der Waals surface area contributed by atoms with Gasteiger partial charge in [0.05, 0.1) is 0 Å². The third-order valence-electron chi connectivity index (χ3n) is 4.29. The minimum atomic E-state index is -0.946. The summed E-state index contributed by atoms with van der Waals surface area (Å²) in [5.41, 5.74) is 0.748. The van der Waals surface area contributed by atoms with Crippen LogP contribution in [-0.4, -0.2) is 34.5 Å². The summed E-state index contributed by atoms with van der Waals surface area (Å²) in [7, 11) is 0. The zero-order valence-electron chi connectivity index (χ0n) is 13.0. The molecule has 0 spiro atoms. The van der Waals surface area contributed by atoms with Crippen LogP contribution in [0.4, 0.5) is 4.39 Å². The van der Waals surface area contributed by atoms with Crippen LogP contribution in [0.25, 0.3) is 0 Å². The molecule has 0 radical (unpaired) electrons. The number of rotatable bonds is 4. The average molecular weight is 307 g/mol. The van der Waals surface area contributed by atoms with Crippen molar-refractivity contribution in [3.05, 3.63) is 35.6 Å². The van der Waals surface area contributed by atoms with E-state index in [1.54, 1.807) is 19.1 Å². The molecule has 1 amide bonds. The summed E-state index contributed by atoms with van der Waals surface area (Å²) in [6.45, 7) is 4.25. The second kappa shape index (κ2) is 6.90. The third kappa shape index (κ3) is 3.84. The number of amides is 1. The van der Waals surface area contributed by atoms with E-state index in [9.17, 15) is 19.1 Å². The van der Waals surface area contributed by atoms with Gasteiger partial charge in [-0.15, -0.1) is 0 Å². The Morgan fingerprint density at radius 1 is 1.45 bits per heavy atom. The Bertz CT molecular complexity index is 561. The SMILES string of the molecule is CC1CCN(C(=O)C(C)Cc2cccc(F)c2)C(C(=O)O)C1. The van der Waals surface area contributed by atoms with Gasteiger partial charge in [0, 0.05) is 12.5 Å². The van der Waals surface area contributed by atoms with Gasteiger partial charge >= 0.3 is 5.97 Å². The number of carboxylic acid groups (broad SMARTS) is 1. The number of carboxylic acids is 1. The highest BCUT2D eigenvalue weighted by atomic mass is 19.1. The fraction of sp³-hybridized carbons (Fsp3) is 0.529. The summed E-state index contributed by atoms with van der Waals surface area (Å²) < 4.78 is 13.2. The van der Waals surface area contributed by atoms with E-state index >= 15 is 0 Å². The molecule has 1 heterocycles. The first-order valence-corrected chi connectivity index (χ1v) is 7.66. The van der Waals surface area contributed by atoms with E-state index in [1.807, 2.05) is 6.92 Å². The van der Waals surface area contributed by atoms with Crippen molar-refractivity contribution in [3.8, 4) is 0 Å². The Balaban J connectivity index is 2.07. The Labute approximate surface area is 129 Å². The van der Waals surface area contributed by atoms with Gasteiger partial charge in [0.2, 0.25) is 5.91 Å². The van der Waals surface area contributed by atoms with Gasteiger partial charge in [-0.05, 0) is 42.9 Å². The van der Waals surface area contributed by atoms with Crippen molar-refractivity contribution >= 4 is 11.9 Å². The number of nitrogens with zero attached hydrogens (tertiary/aromatic N) is 1. The van der Waals surface area contributed by atoms with Crippen molar-refractivity contribution < 1.29 is 19.1 Å². The number of hydrogen-bond acceptors (Lipinski definition) is 2. The van der Waals surface area contributed by atoms with E-state index in [-0.39, 0.29) is 17.6 Å². The molecule has 0 aliphatic carbocycles. The van der Waals surface area contributed by atoms with Crippen LogP contribution >= 0.6 is 0 Å². The summed E-state index contributed by atoms with van der Waals surface area (Å²) >= 11 is 0. The number of likely N-dealkylation sites (tertiary alicyclic amines) is 1. The van der Waals surface area contributed by atoms with Gasteiger partial charge in [0.25, 0.3) is 0 Å². The second-order valence-electron chi connectivity index (χ2n) is 6.25. The van der Waals surface area contributed by atoms with Crippen molar-refractivity contribution in [1.82, 2.24) is 4.90 Å². The van der Waals surface area contributed by atoms with E-state index in [0.717, 1.165) is 12.0 Å². The predicted molar refractivity (Wildman–Crippen MR) is 80.8 cm³/mol. The van der Waals surface area contributed by atoms with Crippen LogP contribution in [0.15, 0.2) is 24.3 Å². The summed E-state index contributed by atoms with van der Waals surface area (Å²) in [6, 6.07) is 5.43. The van der Waals surface area contributed by atoms with Gasteiger partial charge < -0.3 is 10.0 Å². The van der Waals surface area contributed by atoms with Gasteiger partial charge in [-0.25, -0.2) is 9.18 Å². The Morgan fingerprint density at radius 2 is 2.18 bits per heavy atom. The molecule has 3 atom stereocenters. The zero-order valence-corrected chi connectivity index (χ0v) is 13.0. The molecule has 120 valence electrons.